The topological polar surface area (TPSA) is 90.5 Å². The van der Waals surface area contributed by atoms with E-state index in [-0.39, 0.29) is 23.8 Å². The normalized spacial score (nSPS) is 10.5. The molecule has 0 spiro atoms. The second-order valence-electron chi connectivity index (χ2n) is 6.45. The summed E-state index contributed by atoms with van der Waals surface area (Å²) >= 11 is 0. The number of hydrogen-bond donors (Lipinski definition) is 1. The number of unbranched alkanes of at least 4 members (excludes halogenated alkanes) is 1. The van der Waals surface area contributed by atoms with Gasteiger partial charge in [0.05, 0.1) is 18.7 Å². The van der Waals surface area contributed by atoms with Crippen LogP contribution in [0.4, 0.5) is 5.69 Å². The van der Waals surface area contributed by atoms with E-state index >= 15 is 0 Å². The third-order valence-corrected chi connectivity index (χ3v) is 4.22. The number of hydrogen-bond acceptors (Lipinski definition) is 5. The number of amides is 1. The second-order valence-corrected chi connectivity index (χ2v) is 6.45. The molecule has 1 amide bonds. The van der Waals surface area contributed by atoms with Crippen molar-refractivity contribution in [1.29, 1.82) is 0 Å². The van der Waals surface area contributed by atoms with Crippen LogP contribution in [0.2, 0.25) is 0 Å². The van der Waals surface area contributed by atoms with Gasteiger partial charge in [0.1, 0.15) is 5.76 Å². The molecule has 7 heteroatoms. The fourth-order valence-corrected chi connectivity index (χ4v) is 2.62. The molecule has 1 N–H and O–H groups in total. The van der Waals surface area contributed by atoms with E-state index < -0.39 is 5.91 Å². The van der Waals surface area contributed by atoms with Crippen LogP contribution in [0.15, 0.2) is 70.0 Å². The Morgan fingerprint density at radius 2 is 1.86 bits per heavy atom. The van der Waals surface area contributed by atoms with E-state index in [1.807, 2.05) is 6.92 Å². The number of aromatic nitrogens is 1. The number of anilines is 1. The Morgan fingerprint density at radius 3 is 2.59 bits per heavy atom. The maximum absolute atomic E-state index is 12.4. The van der Waals surface area contributed by atoms with E-state index in [0.29, 0.717) is 23.6 Å². The van der Waals surface area contributed by atoms with E-state index in [2.05, 4.69) is 5.32 Å². The van der Waals surface area contributed by atoms with Crippen molar-refractivity contribution in [2.24, 2.45) is 0 Å². The van der Waals surface area contributed by atoms with Crippen LogP contribution in [0.1, 0.15) is 46.4 Å². The summed E-state index contributed by atoms with van der Waals surface area (Å²) in [5.41, 5.74) is 0.799. The molecule has 3 aromatic rings. The minimum Gasteiger partial charge on any atom is -0.462 e. The Labute approximate surface area is 167 Å². The molecule has 0 atom stereocenters. The van der Waals surface area contributed by atoms with E-state index in [0.717, 1.165) is 12.8 Å². The molecule has 0 fully saturated rings. The number of nitrogens with zero attached hydrogens (tertiary/aromatic N) is 1. The summed E-state index contributed by atoms with van der Waals surface area (Å²) in [5.74, 6) is -0.182. The van der Waals surface area contributed by atoms with Crippen LogP contribution >= 0.6 is 0 Å². The highest BCUT2D eigenvalue weighted by Crippen LogP contribution is 2.14. The number of nitrogens with one attached hydrogen (secondary N) is 1. The number of carbonyl (C=O) groups is 2. The highest BCUT2D eigenvalue weighted by Gasteiger charge is 2.13. The second kappa shape index (κ2) is 9.54. The maximum Gasteiger partial charge on any atom is 0.338 e. The molecular weight excluding hydrogens is 372 g/mol. The van der Waals surface area contributed by atoms with Gasteiger partial charge in [-0.05, 0) is 48.9 Å². The van der Waals surface area contributed by atoms with Crippen molar-refractivity contribution in [2.75, 3.05) is 11.9 Å². The van der Waals surface area contributed by atoms with Crippen LogP contribution in [-0.4, -0.2) is 23.1 Å². The first kappa shape index (κ1) is 20.1. The van der Waals surface area contributed by atoms with Crippen molar-refractivity contribution in [3.63, 3.8) is 0 Å². The Morgan fingerprint density at radius 1 is 1.07 bits per heavy atom. The van der Waals surface area contributed by atoms with Crippen molar-refractivity contribution < 1.29 is 18.7 Å². The molecule has 3 rings (SSSR count). The number of esters is 1. The zero-order valence-electron chi connectivity index (χ0n) is 16.1. The average molecular weight is 394 g/mol. The molecule has 1 aromatic carbocycles. The first-order chi connectivity index (χ1) is 14.1. The molecule has 150 valence electrons. The molecule has 0 saturated carbocycles. The lowest BCUT2D eigenvalue weighted by Gasteiger charge is -2.06. The third-order valence-electron chi connectivity index (χ3n) is 4.22. The maximum atomic E-state index is 12.4. The van der Waals surface area contributed by atoms with Gasteiger partial charge >= 0.3 is 5.97 Å². The summed E-state index contributed by atoms with van der Waals surface area (Å²) in [6.07, 6.45) is 3.43. The summed E-state index contributed by atoms with van der Waals surface area (Å²) in [6.45, 7) is 2.65. The highest BCUT2D eigenvalue weighted by atomic mass is 16.5. The molecule has 0 aliphatic carbocycles. The first-order valence-corrected chi connectivity index (χ1v) is 9.39. The molecule has 29 heavy (non-hydrogen) atoms. The van der Waals surface area contributed by atoms with E-state index in [1.165, 1.54) is 10.6 Å². The minimum atomic E-state index is -0.421. The van der Waals surface area contributed by atoms with Gasteiger partial charge < -0.3 is 19.0 Å². The average Bonchev–Trinajstić information content (AvgIpc) is 3.19. The van der Waals surface area contributed by atoms with Gasteiger partial charge in [-0.25, -0.2) is 4.79 Å². The predicted octanol–water partition coefficient (Wildman–Crippen LogP) is 3.70. The fourth-order valence-electron chi connectivity index (χ4n) is 2.62. The lowest BCUT2D eigenvalue weighted by molar-refractivity contribution is 0.0499. The largest absolute Gasteiger partial charge is 0.462 e. The number of rotatable bonds is 8. The van der Waals surface area contributed by atoms with E-state index in [1.54, 1.807) is 54.7 Å². The Bertz CT molecular complexity index is 1030. The van der Waals surface area contributed by atoms with Gasteiger partial charge in [-0.3, -0.25) is 9.59 Å². The third kappa shape index (κ3) is 5.44. The Hall–Kier alpha value is -3.61. The SMILES string of the molecule is CCCCOC(=O)c1ccc(NC(=O)c2ccc(Cn3ccccc3=O)o2)cc1. The van der Waals surface area contributed by atoms with Crippen molar-refractivity contribution in [2.45, 2.75) is 26.3 Å². The van der Waals surface area contributed by atoms with Gasteiger partial charge in [0, 0.05) is 18.0 Å². The predicted molar refractivity (Wildman–Crippen MR) is 108 cm³/mol. The van der Waals surface area contributed by atoms with E-state index in [9.17, 15) is 14.4 Å². The Kier molecular flexibility index (Phi) is 6.63. The molecule has 0 radical (unpaired) electrons. The van der Waals surface area contributed by atoms with Crippen molar-refractivity contribution in [3.8, 4) is 0 Å². The zero-order valence-corrected chi connectivity index (χ0v) is 16.1. The van der Waals surface area contributed by atoms with Crippen LogP contribution in [0.25, 0.3) is 0 Å². The summed E-state index contributed by atoms with van der Waals surface area (Å²) in [4.78, 5) is 36.0. The molecule has 0 aliphatic rings. The van der Waals surface area contributed by atoms with Crippen LogP contribution < -0.4 is 10.9 Å². The van der Waals surface area contributed by atoms with Gasteiger partial charge in [-0.1, -0.05) is 19.4 Å². The zero-order chi connectivity index (χ0) is 20.6. The molecule has 2 aromatic heterocycles. The van der Waals surface area contributed by atoms with Gasteiger partial charge in [-0.2, -0.15) is 0 Å². The van der Waals surface area contributed by atoms with Gasteiger partial charge in [0.15, 0.2) is 5.76 Å². The van der Waals surface area contributed by atoms with Crippen LogP contribution in [-0.2, 0) is 11.3 Å². The number of benzene rings is 1. The van der Waals surface area contributed by atoms with Gasteiger partial charge in [0.2, 0.25) is 0 Å². The minimum absolute atomic E-state index is 0.132. The first-order valence-electron chi connectivity index (χ1n) is 9.39. The van der Waals surface area contributed by atoms with Gasteiger partial charge in [0.25, 0.3) is 11.5 Å². The Balaban J connectivity index is 1.59. The number of ether oxygens (including phenoxy) is 1. The lowest BCUT2D eigenvalue weighted by atomic mass is 10.2. The van der Waals surface area contributed by atoms with Crippen molar-refractivity contribution >= 4 is 17.6 Å². The standard InChI is InChI=1S/C22H22N2O5/c1-2-3-14-28-22(27)16-7-9-17(10-8-16)23-21(26)19-12-11-18(29-19)15-24-13-5-4-6-20(24)25/h4-13H,2-3,14-15H2,1H3,(H,23,26). The van der Waals surface area contributed by atoms with E-state index in [4.69, 9.17) is 9.15 Å². The molecule has 0 aliphatic heterocycles. The van der Waals surface area contributed by atoms with Crippen LogP contribution in [0.5, 0.6) is 0 Å². The summed E-state index contributed by atoms with van der Waals surface area (Å²) in [6, 6.07) is 14.5. The smallest absolute Gasteiger partial charge is 0.338 e. The number of carbonyl (C=O) groups excluding carboxylic acids is 2. The van der Waals surface area contributed by atoms with Crippen LogP contribution in [0.3, 0.4) is 0 Å². The van der Waals surface area contributed by atoms with Crippen molar-refractivity contribution in [3.05, 3.63) is 88.2 Å². The highest BCUT2D eigenvalue weighted by molar-refractivity contribution is 6.02. The lowest BCUT2D eigenvalue weighted by Crippen LogP contribution is -2.18. The fraction of sp³-hybridized carbons (Fsp3) is 0.227. The summed E-state index contributed by atoms with van der Waals surface area (Å²) in [7, 11) is 0. The monoisotopic (exact) mass is 394 g/mol. The summed E-state index contributed by atoms with van der Waals surface area (Å²) < 4.78 is 12.2. The van der Waals surface area contributed by atoms with Gasteiger partial charge in [-0.15, -0.1) is 0 Å². The number of pyridine rings is 1. The van der Waals surface area contributed by atoms with Crippen LogP contribution in [0, 0.1) is 0 Å². The molecule has 0 bridgehead atoms. The molecule has 2 heterocycles. The molecular formula is C22H22N2O5. The molecule has 0 unspecified atom stereocenters. The molecule has 0 saturated heterocycles. The quantitative estimate of drug-likeness (QED) is 0.465. The number of furan rings is 1. The van der Waals surface area contributed by atoms with Crippen molar-refractivity contribution in [1.82, 2.24) is 4.57 Å². The summed E-state index contributed by atoms with van der Waals surface area (Å²) in [5, 5.41) is 2.71. The molecule has 7 nitrogen and oxygen atoms in total.